The number of rotatable bonds is 3. The minimum atomic E-state index is -1.47. The maximum Gasteiger partial charge on any atom is 0.360 e. The van der Waals surface area contributed by atoms with E-state index in [2.05, 4.69) is 10.1 Å². The van der Waals surface area contributed by atoms with Crippen LogP contribution in [-0.4, -0.2) is 62.8 Å². The fraction of sp³-hybridized carbons (Fsp3) is 0.438. The molecule has 9 nitrogen and oxygen atoms in total. The zero-order chi connectivity index (χ0) is 19.0. The molecule has 26 heavy (non-hydrogen) atoms. The highest BCUT2D eigenvalue weighted by atomic mass is 19.1. The zero-order valence-electron chi connectivity index (χ0n) is 14.4. The number of aromatic carboxylic acids is 1. The Kier molecular flexibility index (Phi) is 4.58. The van der Waals surface area contributed by atoms with Crippen LogP contribution in [0.25, 0.3) is 11.0 Å². The van der Waals surface area contributed by atoms with E-state index in [1.165, 1.54) is 11.6 Å². The van der Waals surface area contributed by atoms with E-state index in [1.807, 2.05) is 0 Å². The minimum absolute atomic E-state index is 0.0400. The molecule has 0 aliphatic carbocycles. The number of aryl methyl sites for hydroxylation is 1. The maximum absolute atomic E-state index is 14.6. The van der Waals surface area contributed by atoms with Crippen molar-refractivity contribution < 1.29 is 19.1 Å². The molecule has 2 aromatic rings. The third-order valence-electron chi connectivity index (χ3n) is 4.39. The second-order valence-corrected chi connectivity index (χ2v) is 5.96. The van der Waals surface area contributed by atoms with E-state index >= 15 is 0 Å². The monoisotopic (exact) mass is 363 g/mol. The van der Waals surface area contributed by atoms with Crippen LogP contribution in [0.3, 0.4) is 0 Å². The Morgan fingerprint density at radius 3 is 2.46 bits per heavy atom. The van der Waals surface area contributed by atoms with Crippen LogP contribution in [-0.2, 0) is 11.3 Å². The predicted octanol–water partition coefficient (Wildman–Crippen LogP) is 0.317. The second-order valence-electron chi connectivity index (χ2n) is 5.96. The van der Waals surface area contributed by atoms with Gasteiger partial charge in [0.05, 0.1) is 5.39 Å². The number of carboxylic acids is 1. The molecule has 1 fully saturated rings. The van der Waals surface area contributed by atoms with Gasteiger partial charge < -0.3 is 14.9 Å². The summed E-state index contributed by atoms with van der Waals surface area (Å²) in [5.74, 6) is -2.16. The van der Waals surface area contributed by atoms with Crippen molar-refractivity contribution in [3.8, 4) is 0 Å². The quantitative estimate of drug-likeness (QED) is 0.836. The summed E-state index contributed by atoms with van der Waals surface area (Å²) in [6.45, 7) is 5.19. The maximum atomic E-state index is 14.6. The first-order valence-corrected chi connectivity index (χ1v) is 8.18. The average Bonchev–Trinajstić information content (AvgIpc) is 2.62. The number of hydrogen-bond donors (Lipinski definition) is 1. The largest absolute Gasteiger partial charge is 0.476 e. The summed E-state index contributed by atoms with van der Waals surface area (Å²) in [5, 5.41) is 12.8. The molecule has 2 aromatic heterocycles. The number of carboxylic acid groups (broad SMARTS) is 1. The van der Waals surface area contributed by atoms with E-state index in [1.54, 1.807) is 16.7 Å². The van der Waals surface area contributed by atoms with Crippen molar-refractivity contribution in [1.82, 2.24) is 19.7 Å². The van der Waals surface area contributed by atoms with Gasteiger partial charge in [-0.25, -0.2) is 18.9 Å². The predicted molar refractivity (Wildman–Crippen MR) is 90.9 cm³/mol. The normalized spacial score (nSPS) is 14.7. The molecular weight excluding hydrogens is 345 g/mol. The first-order valence-electron chi connectivity index (χ1n) is 8.18. The highest BCUT2D eigenvalue weighted by Crippen LogP contribution is 2.22. The number of amides is 1. The molecule has 1 N–H and O–H groups in total. The number of halogens is 1. The molecule has 0 unspecified atom stereocenters. The van der Waals surface area contributed by atoms with Crippen LogP contribution < -0.4 is 10.3 Å². The fourth-order valence-corrected chi connectivity index (χ4v) is 2.99. The molecule has 0 atom stereocenters. The standard InChI is InChI=1S/C16H18FN5O4/c1-3-22-14-10(13(24)12(19-22)16(25)26)8-11(17)15(18-14)21-6-4-20(5-7-21)9(2)23/h8H,3-7H2,1-2H3,(H,25,26). The van der Waals surface area contributed by atoms with Gasteiger partial charge in [0.2, 0.25) is 17.0 Å². The lowest BCUT2D eigenvalue weighted by Crippen LogP contribution is -2.48. The van der Waals surface area contributed by atoms with Crippen molar-refractivity contribution >= 4 is 28.7 Å². The first kappa shape index (κ1) is 17.8. The number of fused-ring (bicyclic) bond motifs is 1. The van der Waals surface area contributed by atoms with Gasteiger partial charge in [0.25, 0.3) is 0 Å². The summed E-state index contributed by atoms with van der Waals surface area (Å²) in [4.78, 5) is 42.5. The summed E-state index contributed by atoms with van der Waals surface area (Å²) >= 11 is 0. The molecule has 1 aliphatic rings. The third-order valence-corrected chi connectivity index (χ3v) is 4.39. The van der Waals surface area contributed by atoms with Crippen LogP contribution in [0.15, 0.2) is 10.9 Å². The SMILES string of the molecule is CCn1nc(C(=O)O)c(=O)c2cc(F)c(N3CCN(C(C)=O)CC3)nc21. The van der Waals surface area contributed by atoms with Crippen molar-refractivity contribution in [3.05, 3.63) is 27.8 Å². The van der Waals surface area contributed by atoms with Crippen LogP contribution in [0, 0.1) is 5.82 Å². The van der Waals surface area contributed by atoms with Crippen LogP contribution in [0.1, 0.15) is 24.3 Å². The molecule has 1 saturated heterocycles. The molecule has 138 valence electrons. The van der Waals surface area contributed by atoms with Gasteiger partial charge in [-0.1, -0.05) is 0 Å². The van der Waals surface area contributed by atoms with Crippen molar-refractivity contribution in [2.75, 3.05) is 31.1 Å². The highest BCUT2D eigenvalue weighted by molar-refractivity contribution is 5.89. The molecule has 0 spiro atoms. The van der Waals surface area contributed by atoms with Crippen molar-refractivity contribution in [1.29, 1.82) is 0 Å². The lowest BCUT2D eigenvalue weighted by atomic mass is 10.2. The Morgan fingerprint density at radius 2 is 1.92 bits per heavy atom. The lowest BCUT2D eigenvalue weighted by Gasteiger charge is -2.35. The van der Waals surface area contributed by atoms with Crippen LogP contribution in [0.2, 0.25) is 0 Å². The summed E-state index contributed by atoms with van der Waals surface area (Å²) in [7, 11) is 0. The van der Waals surface area contributed by atoms with E-state index in [-0.39, 0.29) is 29.3 Å². The number of piperazine rings is 1. The Bertz CT molecular complexity index is 950. The van der Waals surface area contributed by atoms with E-state index in [9.17, 15) is 18.8 Å². The summed E-state index contributed by atoms with van der Waals surface area (Å²) < 4.78 is 15.9. The van der Waals surface area contributed by atoms with E-state index < -0.39 is 22.9 Å². The van der Waals surface area contributed by atoms with Gasteiger partial charge in [0.1, 0.15) is 0 Å². The van der Waals surface area contributed by atoms with Gasteiger partial charge in [-0.2, -0.15) is 5.10 Å². The lowest BCUT2D eigenvalue weighted by molar-refractivity contribution is -0.129. The number of nitrogens with zero attached hydrogens (tertiary/aromatic N) is 5. The number of pyridine rings is 1. The molecule has 0 bridgehead atoms. The van der Waals surface area contributed by atoms with Gasteiger partial charge >= 0.3 is 5.97 Å². The number of carbonyl (C=O) groups is 2. The molecule has 1 amide bonds. The van der Waals surface area contributed by atoms with Gasteiger partial charge in [0.15, 0.2) is 17.3 Å². The summed E-state index contributed by atoms with van der Waals surface area (Å²) in [5.41, 5.74) is -1.40. The van der Waals surface area contributed by atoms with Crippen molar-refractivity contribution in [2.45, 2.75) is 20.4 Å². The molecular formula is C16H18FN5O4. The molecule has 3 heterocycles. The number of anilines is 1. The van der Waals surface area contributed by atoms with E-state index in [0.717, 1.165) is 6.07 Å². The van der Waals surface area contributed by atoms with Gasteiger partial charge in [0, 0.05) is 39.6 Å². The Balaban J connectivity index is 2.08. The first-order chi connectivity index (χ1) is 12.3. The Labute approximate surface area is 147 Å². The van der Waals surface area contributed by atoms with Gasteiger partial charge in [-0.3, -0.25) is 9.59 Å². The van der Waals surface area contributed by atoms with Crippen LogP contribution >= 0.6 is 0 Å². The molecule has 0 radical (unpaired) electrons. The number of carbonyl (C=O) groups excluding carboxylic acids is 1. The van der Waals surface area contributed by atoms with Crippen molar-refractivity contribution in [2.24, 2.45) is 0 Å². The second kappa shape index (κ2) is 6.70. The summed E-state index contributed by atoms with van der Waals surface area (Å²) in [6, 6.07) is 1.01. The minimum Gasteiger partial charge on any atom is -0.476 e. The molecule has 0 aromatic carbocycles. The number of aromatic nitrogens is 3. The van der Waals surface area contributed by atoms with Crippen LogP contribution in [0.5, 0.6) is 0 Å². The number of hydrogen-bond acceptors (Lipinski definition) is 6. The van der Waals surface area contributed by atoms with Gasteiger partial charge in [-0.05, 0) is 13.0 Å². The Morgan fingerprint density at radius 1 is 1.27 bits per heavy atom. The third kappa shape index (κ3) is 2.98. The highest BCUT2D eigenvalue weighted by Gasteiger charge is 2.24. The Hall–Kier alpha value is -3.04. The molecule has 1 aliphatic heterocycles. The summed E-state index contributed by atoms with van der Waals surface area (Å²) in [6.07, 6.45) is 0. The smallest absolute Gasteiger partial charge is 0.360 e. The topological polar surface area (TPSA) is 109 Å². The van der Waals surface area contributed by atoms with Crippen LogP contribution in [0.4, 0.5) is 10.2 Å². The van der Waals surface area contributed by atoms with Gasteiger partial charge in [-0.15, -0.1) is 0 Å². The van der Waals surface area contributed by atoms with Crippen molar-refractivity contribution in [3.63, 3.8) is 0 Å². The average molecular weight is 363 g/mol. The fourth-order valence-electron chi connectivity index (χ4n) is 2.99. The molecule has 0 saturated carbocycles. The van der Waals surface area contributed by atoms with E-state index in [0.29, 0.717) is 26.2 Å². The molecule has 10 heteroatoms. The van der Waals surface area contributed by atoms with E-state index in [4.69, 9.17) is 5.11 Å². The zero-order valence-corrected chi connectivity index (χ0v) is 14.4. The molecule has 3 rings (SSSR count).